The molecule has 0 unspecified atom stereocenters. The Bertz CT molecular complexity index is 460. The third-order valence-electron chi connectivity index (χ3n) is 2.09. The number of ether oxygens (including phenoxy) is 1. The molecule has 1 aromatic rings. The fourth-order valence-electron chi connectivity index (χ4n) is 1.31. The Morgan fingerprint density at radius 2 is 2.06 bits per heavy atom. The van der Waals surface area contributed by atoms with Gasteiger partial charge in [0, 0.05) is 4.47 Å². The Balaban J connectivity index is 2.91. The van der Waals surface area contributed by atoms with Crippen LogP contribution in [0.3, 0.4) is 0 Å². The molecule has 0 radical (unpaired) electrons. The monoisotopic (exact) mass is 325 g/mol. The number of carbonyl (C=O) groups is 1. The third kappa shape index (κ3) is 4.21. The predicted octanol–water partition coefficient (Wildman–Crippen LogP) is 3.57. The number of anilines is 1. The van der Waals surface area contributed by atoms with Crippen LogP contribution in [0.5, 0.6) is 5.75 Å². The SMILES string of the molecule is CC(=O)c1cc(Br)cc(N)c1OCCC(F)(F)F. The van der Waals surface area contributed by atoms with Crippen molar-refractivity contribution in [3.05, 3.63) is 22.2 Å². The summed E-state index contributed by atoms with van der Waals surface area (Å²) >= 11 is 3.15. The molecule has 1 aromatic carbocycles. The fraction of sp³-hybridized carbons (Fsp3) is 0.364. The van der Waals surface area contributed by atoms with Crippen LogP contribution in [-0.2, 0) is 0 Å². The highest BCUT2D eigenvalue weighted by atomic mass is 79.9. The number of benzene rings is 1. The zero-order valence-electron chi connectivity index (χ0n) is 9.47. The van der Waals surface area contributed by atoms with Gasteiger partial charge in [-0.3, -0.25) is 4.79 Å². The molecule has 0 aromatic heterocycles. The molecular weight excluding hydrogens is 315 g/mol. The quantitative estimate of drug-likeness (QED) is 0.680. The van der Waals surface area contributed by atoms with E-state index in [1.54, 1.807) is 0 Å². The van der Waals surface area contributed by atoms with Gasteiger partial charge >= 0.3 is 6.18 Å². The normalized spacial score (nSPS) is 11.4. The number of hydrogen-bond acceptors (Lipinski definition) is 3. The summed E-state index contributed by atoms with van der Waals surface area (Å²) in [5.41, 5.74) is 5.90. The molecule has 0 aliphatic carbocycles. The van der Waals surface area contributed by atoms with Crippen molar-refractivity contribution >= 4 is 27.4 Å². The third-order valence-corrected chi connectivity index (χ3v) is 2.55. The number of nitrogens with two attached hydrogens (primary N) is 1. The number of alkyl halides is 3. The van der Waals surface area contributed by atoms with Gasteiger partial charge in [0.15, 0.2) is 11.5 Å². The number of rotatable bonds is 4. The van der Waals surface area contributed by atoms with Crippen LogP contribution in [-0.4, -0.2) is 18.6 Å². The van der Waals surface area contributed by atoms with Crippen LogP contribution >= 0.6 is 15.9 Å². The largest absolute Gasteiger partial charge is 0.490 e. The van der Waals surface area contributed by atoms with E-state index in [1.807, 2.05) is 0 Å². The van der Waals surface area contributed by atoms with Crippen molar-refractivity contribution in [2.75, 3.05) is 12.3 Å². The molecule has 3 nitrogen and oxygen atoms in total. The maximum atomic E-state index is 12.0. The van der Waals surface area contributed by atoms with Gasteiger partial charge < -0.3 is 10.5 Å². The molecule has 0 aliphatic rings. The highest BCUT2D eigenvalue weighted by Crippen LogP contribution is 2.32. The second-order valence-electron chi connectivity index (χ2n) is 3.64. The summed E-state index contributed by atoms with van der Waals surface area (Å²) in [4.78, 5) is 11.4. The number of nitrogen functional groups attached to an aromatic ring is 1. The van der Waals surface area contributed by atoms with Gasteiger partial charge in [0.1, 0.15) is 0 Å². The van der Waals surface area contributed by atoms with E-state index >= 15 is 0 Å². The van der Waals surface area contributed by atoms with Crippen molar-refractivity contribution in [2.24, 2.45) is 0 Å². The van der Waals surface area contributed by atoms with Gasteiger partial charge in [-0.2, -0.15) is 13.2 Å². The molecule has 0 bridgehead atoms. The summed E-state index contributed by atoms with van der Waals surface area (Å²) in [5, 5.41) is 0. The zero-order valence-corrected chi connectivity index (χ0v) is 11.1. The van der Waals surface area contributed by atoms with Crippen molar-refractivity contribution in [3.8, 4) is 5.75 Å². The van der Waals surface area contributed by atoms with Gasteiger partial charge in [-0.1, -0.05) is 15.9 Å². The van der Waals surface area contributed by atoms with Crippen LogP contribution in [0.25, 0.3) is 0 Å². The Labute approximate surface area is 110 Å². The zero-order chi connectivity index (χ0) is 13.9. The summed E-state index contributed by atoms with van der Waals surface area (Å²) in [6, 6.07) is 2.93. The molecule has 0 heterocycles. The number of ketones is 1. The minimum absolute atomic E-state index is 0.00468. The van der Waals surface area contributed by atoms with Crippen molar-refractivity contribution < 1.29 is 22.7 Å². The molecule has 0 amide bonds. The Kier molecular flexibility index (Phi) is 4.61. The summed E-state index contributed by atoms with van der Waals surface area (Å²) in [6.45, 7) is 0.716. The van der Waals surface area contributed by atoms with Crippen LogP contribution in [0.1, 0.15) is 23.7 Å². The Morgan fingerprint density at radius 3 is 2.56 bits per heavy atom. The van der Waals surface area contributed by atoms with E-state index < -0.39 is 19.2 Å². The maximum Gasteiger partial charge on any atom is 0.392 e. The Morgan fingerprint density at radius 1 is 1.44 bits per heavy atom. The summed E-state index contributed by atoms with van der Waals surface area (Å²) < 4.78 is 41.5. The number of hydrogen-bond donors (Lipinski definition) is 1. The molecule has 18 heavy (non-hydrogen) atoms. The van der Waals surface area contributed by atoms with Crippen molar-refractivity contribution in [3.63, 3.8) is 0 Å². The highest BCUT2D eigenvalue weighted by molar-refractivity contribution is 9.10. The lowest BCUT2D eigenvalue weighted by molar-refractivity contribution is -0.139. The standard InChI is InChI=1S/C11H11BrF3NO2/c1-6(17)8-4-7(12)5-9(16)10(8)18-3-2-11(13,14)15/h4-5H,2-3,16H2,1H3. The summed E-state index contributed by atoms with van der Waals surface area (Å²) in [6.07, 6.45) is -5.40. The van der Waals surface area contributed by atoms with Gasteiger partial charge in [0.05, 0.1) is 24.3 Å². The lowest BCUT2D eigenvalue weighted by Crippen LogP contribution is -2.14. The molecule has 2 N–H and O–H groups in total. The van der Waals surface area contributed by atoms with Crippen LogP contribution in [0.15, 0.2) is 16.6 Å². The number of halogens is 4. The molecule has 0 aliphatic heterocycles. The maximum absolute atomic E-state index is 12.0. The second kappa shape index (κ2) is 5.60. The minimum atomic E-state index is -4.31. The van der Waals surface area contributed by atoms with Gasteiger partial charge in [-0.15, -0.1) is 0 Å². The average Bonchev–Trinajstić information content (AvgIpc) is 2.18. The molecule has 0 saturated carbocycles. The van der Waals surface area contributed by atoms with Crippen LogP contribution < -0.4 is 10.5 Å². The lowest BCUT2D eigenvalue weighted by Gasteiger charge is -2.14. The predicted molar refractivity (Wildman–Crippen MR) is 64.7 cm³/mol. The van der Waals surface area contributed by atoms with Crippen LogP contribution in [0.2, 0.25) is 0 Å². The molecule has 0 fully saturated rings. The molecule has 1 rings (SSSR count). The molecule has 100 valence electrons. The fourth-order valence-corrected chi connectivity index (χ4v) is 1.78. The van der Waals surface area contributed by atoms with E-state index in [0.717, 1.165) is 0 Å². The first-order chi connectivity index (χ1) is 8.20. The smallest absolute Gasteiger partial charge is 0.392 e. The first-order valence-electron chi connectivity index (χ1n) is 5.00. The highest BCUT2D eigenvalue weighted by Gasteiger charge is 2.27. The molecule has 0 spiro atoms. The van der Waals surface area contributed by atoms with Gasteiger partial charge in [-0.25, -0.2) is 0 Å². The first-order valence-corrected chi connectivity index (χ1v) is 5.79. The number of carbonyl (C=O) groups excluding carboxylic acids is 1. The lowest BCUT2D eigenvalue weighted by atomic mass is 10.1. The number of Topliss-reactive ketones (excluding diaryl/α,β-unsaturated/α-hetero) is 1. The van der Waals surface area contributed by atoms with Crippen molar-refractivity contribution in [2.45, 2.75) is 19.5 Å². The average molecular weight is 326 g/mol. The van der Waals surface area contributed by atoms with Gasteiger partial charge in [0.2, 0.25) is 0 Å². The van der Waals surface area contributed by atoms with E-state index in [4.69, 9.17) is 10.5 Å². The van der Waals surface area contributed by atoms with E-state index in [-0.39, 0.29) is 22.8 Å². The molecular formula is C11H11BrF3NO2. The minimum Gasteiger partial charge on any atom is -0.490 e. The second-order valence-corrected chi connectivity index (χ2v) is 4.56. The van der Waals surface area contributed by atoms with Crippen LogP contribution in [0, 0.1) is 0 Å². The van der Waals surface area contributed by atoms with E-state index in [2.05, 4.69) is 15.9 Å². The Hall–Kier alpha value is -1.24. The summed E-state index contributed by atoms with van der Waals surface area (Å²) in [7, 11) is 0. The van der Waals surface area contributed by atoms with E-state index in [0.29, 0.717) is 4.47 Å². The molecule has 0 atom stereocenters. The van der Waals surface area contributed by atoms with Crippen LogP contribution in [0.4, 0.5) is 18.9 Å². The van der Waals surface area contributed by atoms with Gasteiger partial charge in [-0.05, 0) is 19.1 Å². The molecule has 0 saturated heterocycles. The van der Waals surface area contributed by atoms with Crippen molar-refractivity contribution in [1.29, 1.82) is 0 Å². The van der Waals surface area contributed by atoms with E-state index in [1.165, 1.54) is 19.1 Å². The van der Waals surface area contributed by atoms with Crippen molar-refractivity contribution in [1.82, 2.24) is 0 Å². The summed E-state index contributed by atoms with van der Waals surface area (Å²) in [5.74, 6) is -0.333. The first kappa shape index (κ1) is 14.8. The van der Waals surface area contributed by atoms with Gasteiger partial charge in [0.25, 0.3) is 0 Å². The molecule has 7 heteroatoms. The van der Waals surface area contributed by atoms with E-state index in [9.17, 15) is 18.0 Å². The topological polar surface area (TPSA) is 52.3 Å².